The number of nitrogens with zero attached hydrogens (tertiary/aromatic N) is 1. The van der Waals surface area contributed by atoms with Gasteiger partial charge in [0.15, 0.2) is 0 Å². The number of hydrogen-bond donors (Lipinski definition) is 0. The number of benzene rings is 3. The van der Waals surface area contributed by atoms with Gasteiger partial charge in [-0.25, -0.2) is 0 Å². The van der Waals surface area contributed by atoms with E-state index in [1.807, 2.05) is 6.08 Å². The molecule has 168 valence electrons. The van der Waals surface area contributed by atoms with Gasteiger partial charge in [-0.2, -0.15) is 0 Å². The lowest BCUT2D eigenvalue weighted by atomic mass is 9.78. The molecule has 0 aliphatic heterocycles. The zero-order chi connectivity index (χ0) is 23.4. The summed E-state index contributed by atoms with van der Waals surface area (Å²) in [6.45, 7) is 17.8. The predicted octanol–water partition coefficient (Wildman–Crippen LogP) is 9.56. The van der Waals surface area contributed by atoms with Crippen LogP contribution in [0.2, 0.25) is 0 Å². The van der Waals surface area contributed by atoms with Crippen LogP contribution in [0.25, 0.3) is 6.08 Å². The van der Waals surface area contributed by atoms with Crippen LogP contribution in [0.1, 0.15) is 77.5 Å². The first-order chi connectivity index (χ1) is 15.3. The molecule has 3 rings (SSSR count). The van der Waals surface area contributed by atoms with Crippen LogP contribution in [0.4, 0.5) is 17.1 Å². The minimum atomic E-state index is 0.179. The van der Waals surface area contributed by atoms with Crippen LogP contribution in [-0.2, 0) is 10.8 Å². The van der Waals surface area contributed by atoms with E-state index in [1.165, 1.54) is 22.5 Å². The van der Waals surface area contributed by atoms with Gasteiger partial charge < -0.3 is 4.90 Å². The van der Waals surface area contributed by atoms with E-state index in [2.05, 4.69) is 126 Å². The molecule has 0 saturated carbocycles. The first-order valence-electron chi connectivity index (χ1n) is 12.0. The van der Waals surface area contributed by atoms with Crippen molar-refractivity contribution in [2.45, 2.75) is 71.6 Å². The van der Waals surface area contributed by atoms with Gasteiger partial charge in [0, 0.05) is 17.1 Å². The highest BCUT2D eigenvalue weighted by atomic mass is 15.1. The SMILES string of the molecule is C=Cc1cccc(N(c2ccc(C(C)(C)CC)cc2)c2ccc(C(C)(CC)CC)cc2)c1. The fourth-order valence-corrected chi connectivity index (χ4v) is 4.17. The van der Waals surface area contributed by atoms with Gasteiger partial charge in [0.2, 0.25) is 0 Å². The van der Waals surface area contributed by atoms with E-state index >= 15 is 0 Å². The van der Waals surface area contributed by atoms with Crippen LogP contribution >= 0.6 is 0 Å². The molecule has 0 radical (unpaired) electrons. The summed E-state index contributed by atoms with van der Waals surface area (Å²) in [5.41, 5.74) is 7.80. The summed E-state index contributed by atoms with van der Waals surface area (Å²) < 4.78 is 0. The molecule has 0 N–H and O–H groups in total. The summed E-state index contributed by atoms with van der Waals surface area (Å²) in [6, 6.07) is 26.8. The normalized spacial score (nSPS) is 11.9. The molecule has 0 spiro atoms. The molecular formula is C31H39N. The van der Waals surface area contributed by atoms with Crippen LogP contribution in [-0.4, -0.2) is 0 Å². The van der Waals surface area contributed by atoms with E-state index in [-0.39, 0.29) is 10.8 Å². The van der Waals surface area contributed by atoms with Crippen molar-refractivity contribution < 1.29 is 0 Å². The standard InChI is InChI=1S/C31H39N/c1-8-24-13-12-14-29(23-24)32(27-19-15-25(16-20-27)30(5,6)9-2)28-21-17-26(18-22-28)31(7,10-3)11-4/h8,12-23H,1,9-11H2,2-7H3. The van der Waals surface area contributed by atoms with E-state index in [0.29, 0.717) is 0 Å². The Labute approximate surface area is 195 Å². The van der Waals surface area contributed by atoms with Crippen molar-refractivity contribution in [1.82, 2.24) is 0 Å². The van der Waals surface area contributed by atoms with Gasteiger partial charge in [0.25, 0.3) is 0 Å². The molecule has 0 atom stereocenters. The molecule has 0 saturated heterocycles. The van der Waals surface area contributed by atoms with Crippen LogP contribution < -0.4 is 4.90 Å². The largest absolute Gasteiger partial charge is 0.310 e. The monoisotopic (exact) mass is 425 g/mol. The second-order valence-electron chi connectivity index (χ2n) is 9.73. The molecule has 3 aromatic carbocycles. The molecule has 0 unspecified atom stereocenters. The Kier molecular flexibility index (Phi) is 7.29. The average molecular weight is 426 g/mol. The number of hydrogen-bond acceptors (Lipinski definition) is 1. The van der Waals surface area contributed by atoms with E-state index in [9.17, 15) is 0 Å². The lowest BCUT2D eigenvalue weighted by Gasteiger charge is -2.30. The Morgan fingerprint density at radius 3 is 1.69 bits per heavy atom. The van der Waals surface area contributed by atoms with E-state index in [1.54, 1.807) is 0 Å². The second-order valence-corrected chi connectivity index (χ2v) is 9.73. The first-order valence-corrected chi connectivity index (χ1v) is 12.0. The molecule has 1 heteroatoms. The Morgan fingerprint density at radius 2 is 1.22 bits per heavy atom. The van der Waals surface area contributed by atoms with Crippen molar-refractivity contribution in [3.8, 4) is 0 Å². The summed E-state index contributed by atoms with van der Waals surface area (Å²) in [5, 5.41) is 0. The molecule has 0 fully saturated rings. The van der Waals surface area contributed by atoms with Gasteiger partial charge >= 0.3 is 0 Å². The molecule has 0 bridgehead atoms. The Hall–Kier alpha value is -2.80. The first kappa shape index (κ1) is 23.9. The molecule has 0 aliphatic rings. The molecule has 3 aromatic rings. The van der Waals surface area contributed by atoms with Gasteiger partial charge in [0.05, 0.1) is 0 Å². The Bertz CT molecular complexity index is 1020. The van der Waals surface area contributed by atoms with Crippen molar-refractivity contribution in [2.75, 3.05) is 4.90 Å². The second kappa shape index (κ2) is 9.77. The fourth-order valence-electron chi connectivity index (χ4n) is 4.17. The van der Waals surface area contributed by atoms with E-state index < -0.39 is 0 Å². The van der Waals surface area contributed by atoms with E-state index in [0.717, 1.165) is 30.5 Å². The molecule has 0 aromatic heterocycles. The third kappa shape index (κ3) is 4.83. The van der Waals surface area contributed by atoms with Gasteiger partial charge in [-0.1, -0.05) is 90.6 Å². The van der Waals surface area contributed by atoms with Gasteiger partial charge in [0.1, 0.15) is 0 Å². The molecular weight excluding hydrogens is 386 g/mol. The van der Waals surface area contributed by atoms with Gasteiger partial charge in [-0.15, -0.1) is 0 Å². The number of rotatable bonds is 9. The summed E-state index contributed by atoms with van der Waals surface area (Å²) in [6.07, 6.45) is 5.31. The third-order valence-corrected chi connectivity index (χ3v) is 7.54. The minimum Gasteiger partial charge on any atom is -0.310 e. The summed E-state index contributed by atoms with van der Waals surface area (Å²) in [4.78, 5) is 2.34. The summed E-state index contributed by atoms with van der Waals surface area (Å²) >= 11 is 0. The van der Waals surface area contributed by atoms with Crippen molar-refractivity contribution in [1.29, 1.82) is 0 Å². The maximum Gasteiger partial charge on any atom is 0.0467 e. The Balaban J connectivity index is 2.09. The molecule has 0 heterocycles. The van der Waals surface area contributed by atoms with Crippen molar-refractivity contribution in [2.24, 2.45) is 0 Å². The smallest absolute Gasteiger partial charge is 0.0467 e. The molecule has 0 amide bonds. The topological polar surface area (TPSA) is 3.24 Å². The van der Waals surface area contributed by atoms with Crippen LogP contribution in [0, 0.1) is 0 Å². The zero-order valence-corrected chi connectivity index (χ0v) is 20.8. The molecule has 32 heavy (non-hydrogen) atoms. The Morgan fingerprint density at radius 1 is 0.688 bits per heavy atom. The lowest BCUT2D eigenvalue weighted by molar-refractivity contribution is 0.439. The zero-order valence-electron chi connectivity index (χ0n) is 20.8. The summed E-state index contributed by atoms with van der Waals surface area (Å²) in [7, 11) is 0. The average Bonchev–Trinajstić information content (AvgIpc) is 2.84. The van der Waals surface area contributed by atoms with Gasteiger partial charge in [-0.3, -0.25) is 0 Å². The van der Waals surface area contributed by atoms with Crippen LogP contribution in [0.5, 0.6) is 0 Å². The maximum atomic E-state index is 3.96. The van der Waals surface area contributed by atoms with Crippen LogP contribution in [0.15, 0.2) is 79.4 Å². The van der Waals surface area contributed by atoms with Crippen molar-refractivity contribution in [3.05, 3.63) is 96.1 Å². The highest BCUT2D eigenvalue weighted by Gasteiger charge is 2.23. The fraction of sp³-hybridized carbons (Fsp3) is 0.355. The predicted molar refractivity (Wildman–Crippen MR) is 142 cm³/mol. The lowest BCUT2D eigenvalue weighted by Crippen LogP contribution is -2.19. The van der Waals surface area contributed by atoms with E-state index in [4.69, 9.17) is 0 Å². The van der Waals surface area contributed by atoms with Crippen LogP contribution in [0.3, 0.4) is 0 Å². The van der Waals surface area contributed by atoms with Crippen molar-refractivity contribution >= 4 is 23.1 Å². The van der Waals surface area contributed by atoms with Crippen molar-refractivity contribution in [3.63, 3.8) is 0 Å². The highest BCUT2D eigenvalue weighted by Crippen LogP contribution is 2.38. The maximum absolute atomic E-state index is 3.96. The van der Waals surface area contributed by atoms with Gasteiger partial charge in [-0.05, 0) is 83.2 Å². The molecule has 0 aliphatic carbocycles. The highest BCUT2D eigenvalue weighted by molar-refractivity contribution is 5.78. The number of anilines is 3. The minimum absolute atomic E-state index is 0.179. The quantitative estimate of drug-likeness (QED) is 0.330. The molecule has 1 nitrogen and oxygen atoms in total. The third-order valence-electron chi connectivity index (χ3n) is 7.54. The summed E-state index contributed by atoms with van der Waals surface area (Å²) in [5.74, 6) is 0.